The lowest BCUT2D eigenvalue weighted by Crippen LogP contribution is -2.29. The van der Waals surface area contributed by atoms with Crippen LogP contribution in [0.3, 0.4) is 0 Å². The van der Waals surface area contributed by atoms with Gasteiger partial charge >= 0.3 is 0 Å². The summed E-state index contributed by atoms with van der Waals surface area (Å²) in [5.41, 5.74) is 2.22. The van der Waals surface area contributed by atoms with Gasteiger partial charge in [0.15, 0.2) is 5.75 Å². The van der Waals surface area contributed by atoms with Crippen molar-refractivity contribution < 1.29 is 9.84 Å². The monoisotopic (exact) mass is 338 g/mol. The Balaban J connectivity index is 1.41. The molecule has 4 rings (SSSR count). The molecule has 0 unspecified atom stereocenters. The molecule has 0 saturated carbocycles. The Morgan fingerprint density at radius 3 is 3.04 bits per heavy atom. The number of hydrogen-bond acceptors (Lipinski definition) is 5. The van der Waals surface area contributed by atoms with Crippen LogP contribution >= 0.6 is 0 Å². The van der Waals surface area contributed by atoms with Gasteiger partial charge in [-0.2, -0.15) is 5.10 Å². The van der Waals surface area contributed by atoms with Crippen molar-refractivity contribution in [1.82, 2.24) is 19.7 Å². The Morgan fingerprint density at radius 1 is 1.28 bits per heavy atom. The summed E-state index contributed by atoms with van der Waals surface area (Å²) in [7, 11) is 0. The summed E-state index contributed by atoms with van der Waals surface area (Å²) < 4.78 is 7.74. The molecule has 2 atom stereocenters. The number of likely N-dealkylation sites (tertiary alicyclic amines) is 1. The fourth-order valence-corrected chi connectivity index (χ4v) is 3.31. The first kappa shape index (κ1) is 16.1. The van der Waals surface area contributed by atoms with Crippen molar-refractivity contribution in [2.45, 2.75) is 32.2 Å². The van der Waals surface area contributed by atoms with E-state index in [0.717, 1.165) is 24.0 Å². The molecule has 3 heterocycles. The van der Waals surface area contributed by atoms with Gasteiger partial charge in [0.25, 0.3) is 0 Å². The number of aliphatic hydroxyl groups excluding tert-OH is 1. The van der Waals surface area contributed by atoms with E-state index >= 15 is 0 Å². The first-order valence-electron chi connectivity index (χ1n) is 8.64. The molecule has 0 bridgehead atoms. The molecule has 2 aromatic heterocycles. The lowest BCUT2D eigenvalue weighted by Gasteiger charge is -2.16. The van der Waals surface area contributed by atoms with Crippen LogP contribution in [-0.4, -0.2) is 50.1 Å². The standard InChI is InChI=1S/C19H22N4O2/c1-2-23-11-16(9-21-23)25-19-13-22(12-18(19)24)10-14-5-6-17-15(8-14)4-3-7-20-17/h3-9,11,18-19,24H,2,10,12-13H2,1H3/t18-,19-/m1/s1. The van der Waals surface area contributed by atoms with Crippen LogP contribution < -0.4 is 4.74 Å². The first-order chi connectivity index (χ1) is 12.2. The zero-order chi connectivity index (χ0) is 17.2. The molecular weight excluding hydrogens is 316 g/mol. The van der Waals surface area contributed by atoms with Crippen molar-refractivity contribution in [2.24, 2.45) is 0 Å². The maximum Gasteiger partial charge on any atom is 0.157 e. The lowest BCUT2D eigenvalue weighted by molar-refractivity contribution is 0.0736. The second-order valence-electron chi connectivity index (χ2n) is 6.48. The van der Waals surface area contributed by atoms with Gasteiger partial charge in [-0.15, -0.1) is 0 Å². The third-order valence-electron chi connectivity index (χ3n) is 4.61. The van der Waals surface area contributed by atoms with Gasteiger partial charge in [0.1, 0.15) is 12.2 Å². The van der Waals surface area contributed by atoms with Crippen LogP contribution in [0.15, 0.2) is 48.9 Å². The number of nitrogens with zero attached hydrogens (tertiary/aromatic N) is 4. The van der Waals surface area contributed by atoms with Gasteiger partial charge < -0.3 is 9.84 Å². The van der Waals surface area contributed by atoms with E-state index in [1.807, 2.05) is 29.9 Å². The van der Waals surface area contributed by atoms with Gasteiger partial charge in [0, 0.05) is 37.8 Å². The van der Waals surface area contributed by atoms with E-state index in [4.69, 9.17) is 4.74 Å². The predicted molar refractivity (Wildman–Crippen MR) is 95.3 cm³/mol. The summed E-state index contributed by atoms with van der Waals surface area (Å²) in [5, 5.41) is 15.7. The summed E-state index contributed by atoms with van der Waals surface area (Å²) >= 11 is 0. The van der Waals surface area contributed by atoms with Gasteiger partial charge in [-0.3, -0.25) is 14.6 Å². The van der Waals surface area contributed by atoms with Crippen molar-refractivity contribution in [3.8, 4) is 5.75 Å². The lowest BCUT2D eigenvalue weighted by atomic mass is 10.1. The largest absolute Gasteiger partial charge is 0.483 e. The summed E-state index contributed by atoms with van der Waals surface area (Å²) in [6, 6.07) is 10.3. The van der Waals surface area contributed by atoms with Crippen LogP contribution in [0, 0.1) is 0 Å². The molecule has 25 heavy (non-hydrogen) atoms. The van der Waals surface area contributed by atoms with Crippen molar-refractivity contribution in [2.75, 3.05) is 13.1 Å². The molecule has 0 aliphatic carbocycles. The number of β-amino-alcohol motifs (C(OH)–C–C–N with tert-alkyl or cyclic N) is 1. The highest BCUT2D eigenvalue weighted by molar-refractivity contribution is 5.78. The number of ether oxygens (including phenoxy) is 1. The van der Waals surface area contributed by atoms with E-state index < -0.39 is 6.10 Å². The normalized spacial score (nSPS) is 21.0. The molecule has 0 amide bonds. The minimum Gasteiger partial charge on any atom is -0.483 e. The molecule has 1 fully saturated rings. The summed E-state index contributed by atoms with van der Waals surface area (Å²) in [6.07, 6.45) is 4.66. The van der Waals surface area contributed by atoms with E-state index in [2.05, 4.69) is 33.2 Å². The summed E-state index contributed by atoms with van der Waals surface area (Å²) in [5.74, 6) is 0.713. The van der Waals surface area contributed by atoms with Gasteiger partial charge in [-0.25, -0.2) is 0 Å². The molecule has 6 nitrogen and oxygen atoms in total. The number of pyridine rings is 1. The molecule has 1 saturated heterocycles. The van der Waals surface area contributed by atoms with Gasteiger partial charge in [0.2, 0.25) is 0 Å². The first-order valence-corrected chi connectivity index (χ1v) is 8.64. The third kappa shape index (κ3) is 3.50. The topological polar surface area (TPSA) is 63.4 Å². The van der Waals surface area contributed by atoms with Crippen LogP contribution in [-0.2, 0) is 13.1 Å². The van der Waals surface area contributed by atoms with Crippen LogP contribution in [0.25, 0.3) is 10.9 Å². The molecule has 0 spiro atoms. The molecule has 1 aromatic carbocycles. The number of rotatable bonds is 5. The SMILES string of the molecule is CCn1cc(O[C@@H]2CN(Cc3ccc4ncccc4c3)C[C@H]2O)cn1. The highest BCUT2D eigenvalue weighted by atomic mass is 16.5. The van der Waals surface area contributed by atoms with Crippen molar-refractivity contribution >= 4 is 10.9 Å². The Hall–Kier alpha value is -2.44. The number of fused-ring (bicyclic) bond motifs is 1. The minimum atomic E-state index is -0.493. The van der Waals surface area contributed by atoms with Crippen LogP contribution in [0.2, 0.25) is 0 Å². The number of aliphatic hydroxyl groups is 1. The number of aromatic nitrogens is 3. The molecule has 6 heteroatoms. The maximum absolute atomic E-state index is 10.3. The van der Waals surface area contributed by atoms with Crippen molar-refractivity contribution in [1.29, 1.82) is 0 Å². The highest BCUT2D eigenvalue weighted by Gasteiger charge is 2.33. The highest BCUT2D eigenvalue weighted by Crippen LogP contribution is 2.21. The van der Waals surface area contributed by atoms with E-state index in [0.29, 0.717) is 18.8 Å². The smallest absolute Gasteiger partial charge is 0.157 e. The quantitative estimate of drug-likeness (QED) is 0.772. The van der Waals surface area contributed by atoms with E-state index in [1.54, 1.807) is 12.4 Å². The van der Waals surface area contributed by atoms with E-state index in [9.17, 15) is 5.11 Å². The molecule has 1 N–H and O–H groups in total. The minimum absolute atomic E-state index is 0.225. The summed E-state index contributed by atoms with van der Waals surface area (Å²) in [4.78, 5) is 6.57. The van der Waals surface area contributed by atoms with Crippen LogP contribution in [0.5, 0.6) is 5.75 Å². The molecule has 130 valence electrons. The molecule has 1 aliphatic rings. The van der Waals surface area contributed by atoms with Gasteiger partial charge in [-0.1, -0.05) is 12.1 Å². The maximum atomic E-state index is 10.3. The van der Waals surface area contributed by atoms with E-state index in [-0.39, 0.29) is 6.10 Å². The predicted octanol–water partition coefficient (Wildman–Crippen LogP) is 2.08. The zero-order valence-corrected chi connectivity index (χ0v) is 14.2. The Labute approximate surface area is 146 Å². The second kappa shape index (κ2) is 6.82. The van der Waals surface area contributed by atoms with Crippen molar-refractivity contribution in [3.05, 3.63) is 54.5 Å². The second-order valence-corrected chi connectivity index (χ2v) is 6.48. The Bertz CT molecular complexity index is 863. The summed E-state index contributed by atoms with van der Waals surface area (Å²) in [6.45, 7) is 4.93. The fraction of sp³-hybridized carbons (Fsp3) is 0.368. The average molecular weight is 338 g/mol. The molecule has 1 aliphatic heterocycles. The average Bonchev–Trinajstić information content (AvgIpc) is 3.22. The Kier molecular flexibility index (Phi) is 4.38. The third-order valence-corrected chi connectivity index (χ3v) is 4.61. The Morgan fingerprint density at radius 2 is 2.20 bits per heavy atom. The van der Waals surface area contributed by atoms with Gasteiger partial charge in [0.05, 0.1) is 17.9 Å². The number of benzene rings is 1. The van der Waals surface area contributed by atoms with Crippen LogP contribution in [0.4, 0.5) is 0 Å². The number of hydrogen-bond donors (Lipinski definition) is 1. The van der Waals surface area contributed by atoms with Crippen LogP contribution in [0.1, 0.15) is 12.5 Å². The zero-order valence-electron chi connectivity index (χ0n) is 14.2. The molecule has 0 radical (unpaired) electrons. The van der Waals surface area contributed by atoms with Gasteiger partial charge in [-0.05, 0) is 30.7 Å². The number of aryl methyl sites for hydroxylation is 1. The van der Waals surface area contributed by atoms with Crippen molar-refractivity contribution in [3.63, 3.8) is 0 Å². The fourth-order valence-electron chi connectivity index (χ4n) is 3.31. The van der Waals surface area contributed by atoms with E-state index in [1.165, 1.54) is 5.56 Å². The molecular formula is C19H22N4O2. The molecule has 3 aromatic rings.